The molecule has 0 bridgehead atoms. The van der Waals surface area contributed by atoms with Gasteiger partial charge in [0.15, 0.2) is 0 Å². The van der Waals surface area contributed by atoms with Crippen molar-refractivity contribution in [2.45, 2.75) is 64.0 Å². The number of nitrogens with one attached hydrogen (secondary N) is 2. The van der Waals surface area contributed by atoms with Gasteiger partial charge in [0.1, 0.15) is 5.54 Å². The number of carboxylic acid groups (broad SMARTS) is 1. The zero-order valence-electron chi connectivity index (χ0n) is 12.5. The molecule has 8 heteroatoms. The van der Waals surface area contributed by atoms with E-state index >= 15 is 0 Å². The summed E-state index contributed by atoms with van der Waals surface area (Å²) in [6.07, 6.45) is 3.63. The Morgan fingerprint density at radius 3 is 2.29 bits per heavy atom. The first-order chi connectivity index (χ1) is 9.72. The Bertz CT molecular complexity index is 483. The Morgan fingerprint density at radius 1 is 1.24 bits per heavy atom. The van der Waals surface area contributed by atoms with Gasteiger partial charge in [-0.2, -0.15) is 0 Å². The maximum atomic E-state index is 12.1. The normalized spacial score (nSPS) is 19.7. The predicted molar refractivity (Wildman–Crippen MR) is 78.3 cm³/mol. The third-order valence-corrected chi connectivity index (χ3v) is 5.36. The average Bonchev–Trinajstić information content (AvgIpc) is 2.38. The molecule has 1 saturated carbocycles. The topological polar surface area (TPSA) is 113 Å². The van der Waals surface area contributed by atoms with Gasteiger partial charge in [-0.05, 0) is 26.2 Å². The number of hydrogen-bond acceptors (Lipinski definition) is 4. The summed E-state index contributed by atoms with van der Waals surface area (Å²) < 4.78 is 25.6. The summed E-state index contributed by atoms with van der Waals surface area (Å²) in [6, 6.07) is -0.986. The summed E-state index contributed by atoms with van der Waals surface area (Å²) in [5.74, 6) is -1.72. The summed E-state index contributed by atoms with van der Waals surface area (Å²) in [4.78, 5) is 23.6. The number of carboxylic acids is 1. The van der Waals surface area contributed by atoms with Crippen molar-refractivity contribution in [3.63, 3.8) is 0 Å². The van der Waals surface area contributed by atoms with Gasteiger partial charge in [-0.25, -0.2) is 17.9 Å². The first-order valence-corrected chi connectivity index (χ1v) is 8.93. The fourth-order valence-corrected chi connectivity index (χ4v) is 3.84. The Hall–Kier alpha value is -1.15. The van der Waals surface area contributed by atoms with Crippen LogP contribution in [0.5, 0.6) is 0 Å². The van der Waals surface area contributed by atoms with Crippen LogP contribution < -0.4 is 10.0 Å². The summed E-state index contributed by atoms with van der Waals surface area (Å²) in [5, 5.41) is 11.9. The standard InChI is InChI=1S/C13H24N2O5S/c1-3-9-21(19,20)15-10(2)11(16)14-13(12(17)18)7-5-4-6-8-13/h10,15H,3-9H2,1-2H3,(H,14,16)(H,17,18). The van der Waals surface area contributed by atoms with Gasteiger partial charge in [-0.3, -0.25) is 4.79 Å². The third-order valence-electron chi connectivity index (χ3n) is 3.70. The monoisotopic (exact) mass is 320 g/mol. The lowest BCUT2D eigenvalue weighted by Gasteiger charge is -2.34. The molecule has 122 valence electrons. The minimum Gasteiger partial charge on any atom is -0.480 e. The van der Waals surface area contributed by atoms with E-state index < -0.39 is 33.5 Å². The van der Waals surface area contributed by atoms with E-state index in [9.17, 15) is 23.1 Å². The van der Waals surface area contributed by atoms with Crippen molar-refractivity contribution in [2.75, 3.05) is 5.75 Å². The highest BCUT2D eigenvalue weighted by molar-refractivity contribution is 7.89. The van der Waals surface area contributed by atoms with Crippen molar-refractivity contribution in [3.05, 3.63) is 0 Å². The van der Waals surface area contributed by atoms with Gasteiger partial charge in [0.25, 0.3) is 0 Å². The molecule has 1 amide bonds. The van der Waals surface area contributed by atoms with E-state index in [0.717, 1.165) is 19.3 Å². The van der Waals surface area contributed by atoms with Crippen LogP contribution in [0.3, 0.4) is 0 Å². The Kier molecular flexibility index (Phi) is 6.15. The minimum atomic E-state index is -3.52. The number of aliphatic carboxylic acids is 1. The molecule has 3 N–H and O–H groups in total. The fourth-order valence-electron chi connectivity index (χ4n) is 2.54. The van der Waals surface area contributed by atoms with Crippen molar-refractivity contribution in [2.24, 2.45) is 0 Å². The van der Waals surface area contributed by atoms with Gasteiger partial charge in [-0.1, -0.05) is 26.2 Å². The van der Waals surface area contributed by atoms with Crippen molar-refractivity contribution in [1.82, 2.24) is 10.0 Å². The molecular weight excluding hydrogens is 296 g/mol. The van der Waals surface area contributed by atoms with Gasteiger partial charge in [0.2, 0.25) is 15.9 Å². The van der Waals surface area contributed by atoms with E-state index in [0.29, 0.717) is 19.3 Å². The van der Waals surface area contributed by atoms with E-state index in [1.807, 2.05) is 0 Å². The molecule has 1 fully saturated rings. The molecule has 0 aromatic heterocycles. The zero-order valence-corrected chi connectivity index (χ0v) is 13.3. The Morgan fingerprint density at radius 2 is 1.81 bits per heavy atom. The van der Waals surface area contributed by atoms with Crippen molar-refractivity contribution in [3.8, 4) is 0 Å². The molecule has 0 radical (unpaired) electrons. The first kappa shape index (κ1) is 17.9. The lowest BCUT2D eigenvalue weighted by Crippen LogP contribution is -2.59. The fraction of sp³-hybridized carbons (Fsp3) is 0.846. The number of carbonyl (C=O) groups excluding carboxylic acids is 1. The van der Waals surface area contributed by atoms with Crippen LogP contribution in [0.15, 0.2) is 0 Å². The van der Waals surface area contributed by atoms with Gasteiger partial charge in [0.05, 0.1) is 11.8 Å². The molecule has 0 aliphatic heterocycles. The van der Waals surface area contributed by atoms with E-state index in [1.165, 1.54) is 6.92 Å². The summed E-state index contributed by atoms with van der Waals surface area (Å²) in [6.45, 7) is 3.15. The molecule has 0 aromatic carbocycles. The molecule has 0 heterocycles. The highest BCUT2D eigenvalue weighted by atomic mass is 32.2. The maximum absolute atomic E-state index is 12.1. The highest BCUT2D eigenvalue weighted by Crippen LogP contribution is 2.28. The molecule has 1 aliphatic carbocycles. The second-order valence-electron chi connectivity index (χ2n) is 5.60. The zero-order chi connectivity index (χ0) is 16.1. The molecule has 0 spiro atoms. The minimum absolute atomic E-state index is 0.0608. The summed E-state index contributed by atoms with van der Waals surface area (Å²) >= 11 is 0. The number of amides is 1. The lowest BCUT2D eigenvalue weighted by molar-refractivity contribution is -0.149. The smallest absolute Gasteiger partial charge is 0.329 e. The summed E-state index contributed by atoms with van der Waals surface area (Å²) in [5.41, 5.74) is -1.26. The van der Waals surface area contributed by atoms with Crippen LogP contribution in [0, 0.1) is 0 Å². The molecule has 0 saturated heterocycles. The van der Waals surface area contributed by atoms with E-state index in [4.69, 9.17) is 0 Å². The SMILES string of the molecule is CCCS(=O)(=O)NC(C)C(=O)NC1(C(=O)O)CCCCC1. The number of rotatable bonds is 7. The van der Waals surface area contributed by atoms with Crippen LogP contribution in [0.4, 0.5) is 0 Å². The second kappa shape index (κ2) is 7.22. The first-order valence-electron chi connectivity index (χ1n) is 7.28. The molecule has 1 aliphatic rings. The van der Waals surface area contributed by atoms with E-state index in [-0.39, 0.29) is 5.75 Å². The van der Waals surface area contributed by atoms with Crippen LogP contribution in [0.25, 0.3) is 0 Å². The van der Waals surface area contributed by atoms with E-state index in [1.54, 1.807) is 6.92 Å². The third kappa shape index (κ3) is 4.96. The highest BCUT2D eigenvalue weighted by Gasteiger charge is 2.41. The van der Waals surface area contributed by atoms with Gasteiger partial charge in [0, 0.05) is 0 Å². The number of sulfonamides is 1. The molecule has 1 unspecified atom stereocenters. The van der Waals surface area contributed by atoms with Crippen LogP contribution in [-0.4, -0.2) is 42.7 Å². The van der Waals surface area contributed by atoms with Gasteiger partial charge >= 0.3 is 5.97 Å². The van der Waals surface area contributed by atoms with E-state index in [2.05, 4.69) is 10.0 Å². The largest absolute Gasteiger partial charge is 0.480 e. The molecular formula is C13H24N2O5S. The molecule has 1 atom stereocenters. The Balaban J connectivity index is 2.71. The van der Waals surface area contributed by atoms with Crippen molar-refractivity contribution >= 4 is 21.9 Å². The van der Waals surface area contributed by atoms with Gasteiger partial charge in [-0.15, -0.1) is 0 Å². The Labute approximate surface area is 125 Å². The van der Waals surface area contributed by atoms with Crippen LogP contribution in [-0.2, 0) is 19.6 Å². The molecule has 21 heavy (non-hydrogen) atoms. The second-order valence-corrected chi connectivity index (χ2v) is 7.47. The van der Waals surface area contributed by atoms with Crippen molar-refractivity contribution < 1.29 is 23.1 Å². The number of carbonyl (C=O) groups is 2. The number of hydrogen-bond donors (Lipinski definition) is 3. The van der Waals surface area contributed by atoms with Crippen LogP contribution in [0.1, 0.15) is 52.4 Å². The van der Waals surface area contributed by atoms with Crippen LogP contribution in [0.2, 0.25) is 0 Å². The maximum Gasteiger partial charge on any atom is 0.329 e. The molecule has 0 aromatic rings. The molecule has 1 rings (SSSR count). The summed E-state index contributed by atoms with van der Waals surface area (Å²) in [7, 11) is -3.52. The quantitative estimate of drug-likeness (QED) is 0.636. The van der Waals surface area contributed by atoms with Crippen molar-refractivity contribution in [1.29, 1.82) is 0 Å². The van der Waals surface area contributed by atoms with Crippen LogP contribution >= 0.6 is 0 Å². The average molecular weight is 320 g/mol. The van der Waals surface area contributed by atoms with Gasteiger partial charge < -0.3 is 10.4 Å². The predicted octanol–water partition coefficient (Wildman–Crippen LogP) is 0.608. The molecule has 7 nitrogen and oxygen atoms in total. The lowest BCUT2D eigenvalue weighted by atomic mass is 9.81.